The van der Waals surface area contributed by atoms with Gasteiger partial charge in [0.15, 0.2) is 11.5 Å². The van der Waals surface area contributed by atoms with Crippen LogP contribution in [0, 0.1) is 0 Å². The molecule has 0 spiro atoms. The van der Waals surface area contributed by atoms with E-state index in [4.69, 9.17) is 23.2 Å². The number of carboxylic acid groups (broad SMARTS) is 2. The summed E-state index contributed by atoms with van der Waals surface area (Å²) in [5.41, 5.74) is -3.41. The van der Waals surface area contributed by atoms with Crippen LogP contribution in [0.15, 0.2) is 159 Å². The molecule has 9 rings (SSSR count). The van der Waals surface area contributed by atoms with Crippen LogP contribution in [0.25, 0.3) is 21.5 Å². The van der Waals surface area contributed by atoms with Crippen LogP contribution in [0.5, 0.6) is 11.5 Å². The predicted octanol–water partition coefficient (Wildman–Crippen LogP) is 8.11. The number of anilines is 4. The zero-order valence-corrected chi connectivity index (χ0v) is 45.7. The third kappa shape index (κ3) is 13.3. The molecule has 32 nitrogen and oxygen atoms in total. The molecule has 7 aromatic carbocycles. The fourth-order valence-corrected chi connectivity index (χ4v) is 10.3. The van der Waals surface area contributed by atoms with Gasteiger partial charge >= 0.3 is 11.9 Å². The summed E-state index contributed by atoms with van der Waals surface area (Å²) in [7, 11) is -20.7. The minimum atomic E-state index is -5.26. The first-order valence-corrected chi connectivity index (χ1v) is 29.0. The van der Waals surface area contributed by atoms with E-state index in [0.717, 1.165) is 48.5 Å². The molecule has 430 valence electrons. The van der Waals surface area contributed by atoms with Gasteiger partial charge in [-0.25, -0.2) is 19.6 Å². The van der Waals surface area contributed by atoms with Crippen molar-refractivity contribution < 1.29 is 81.9 Å². The molecule has 0 aliphatic heterocycles. The van der Waals surface area contributed by atoms with Crippen LogP contribution >= 0.6 is 23.2 Å². The monoisotopic (exact) mass is 1260 g/mol. The van der Waals surface area contributed by atoms with Crippen molar-refractivity contribution in [2.24, 2.45) is 30.4 Å². The second-order valence-electron chi connectivity index (χ2n) is 16.9. The Morgan fingerprint density at radius 3 is 1.12 bits per heavy atom. The van der Waals surface area contributed by atoms with Crippen LogP contribution in [-0.2, 0) is 40.5 Å². The maximum absolute atomic E-state index is 12.6. The first-order valence-electron chi connectivity index (χ1n) is 22.5. The summed E-state index contributed by atoms with van der Waals surface area (Å²) in [4.78, 5) is 48.9. The molecule has 0 radical (unpaired) electrons. The van der Waals surface area contributed by atoms with E-state index in [0.29, 0.717) is 12.1 Å². The van der Waals surface area contributed by atoms with Gasteiger partial charge in [-0.15, -0.1) is 10.2 Å². The van der Waals surface area contributed by atoms with Gasteiger partial charge in [-0.3, -0.25) is 28.2 Å². The van der Waals surface area contributed by atoms with Gasteiger partial charge in [0, 0.05) is 11.4 Å². The molecular weight excluding hydrogens is 1240 g/mol. The molecule has 84 heavy (non-hydrogen) atoms. The second kappa shape index (κ2) is 22.5. The molecule has 38 heteroatoms. The third-order valence-electron chi connectivity index (χ3n) is 11.2. The second-order valence-corrected chi connectivity index (χ2v) is 23.2. The number of phenolic OH excluding ortho intramolecular Hbond substituents is 2. The van der Waals surface area contributed by atoms with E-state index >= 15 is 0 Å². The lowest BCUT2D eigenvalue weighted by Gasteiger charge is -2.12. The van der Waals surface area contributed by atoms with Gasteiger partial charge < -0.3 is 31.1 Å². The van der Waals surface area contributed by atoms with E-state index in [1.807, 2.05) is 0 Å². The molecule has 0 bridgehead atoms. The van der Waals surface area contributed by atoms with Crippen molar-refractivity contribution in [3.8, 4) is 11.5 Å². The van der Waals surface area contributed by atoms with Gasteiger partial charge in [0.1, 0.15) is 21.2 Å². The summed E-state index contributed by atoms with van der Waals surface area (Å²) in [5, 5.41) is 60.1. The lowest BCUT2D eigenvalue weighted by molar-refractivity contribution is 0.0686. The number of fused-ring (bicyclic) bond motifs is 2. The van der Waals surface area contributed by atoms with Crippen LogP contribution in [-0.4, -0.2) is 114 Å². The van der Waals surface area contributed by atoms with Crippen LogP contribution < -0.4 is 21.9 Å². The number of aromatic nitrogens is 6. The molecule has 0 atom stereocenters. The Hall–Kier alpha value is -9.76. The van der Waals surface area contributed by atoms with E-state index in [9.17, 15) is 81.9 Å². The van der Waals surface area contributed by atoms with Gasteiger partial charge in [-0.1, -0.05) is 0 Å². The van der Waals surface area contributed by atoms with E-state index in [1.54, 1.807) is 0 Å². The SMILES string of the molecule is O=C(O)c1ccc(N=Nc2c(S(=O)(=O)O)cc3cc(S(=O)(=O)O)cc(N=c4nc(Nc5ccc(Nc6nc(Cl)[nH]c(=Nc7cc(S(=O)(=O)O)cc8cc(S(=O)(=O)O)c(N=Nc9ccc(C(=O)O)cc9)c(O)c78)n6)cc5)nc(Cl)[nH]4)c3c2O)cc1. The number of rotatable bonds is 16. The zero-order chi connectivity index (χ0) is 60.8. The van der Waals surface area contributed by atoms with E-state index in [-0.39, 0.29) is 56.3 Å². The number of halogens is 2. The van der Waals surface area contributed by atoms with Crippen molar-refractivity contribution in [3.05, 3.63) is 142 Å². The van der Waals surface area contributed by atoms with Crippen molar-refractivity contribution >= 4 is 155 Å². The molecule has 0 unspecified atom stereocenters. The number of hydrogen-bond acceptors (Lipinski definition) is 24. The number of azo groups is 2. The number of aromatic amines is 2. The maximum atomic E-state index is 12.6. The van der Waals surface area contributed by atoms with E-state index < -0.39 is 139 Å². The number of carboxylic acids is 2. The molecule has 0 amide bonds. The van der Waals surface area contributed by atoms with Crippen molar-refractivity contribution in [1.29, 1.82) is 0 Å². The van der Waals surface area contributed by atoms with Crippen molar-refractivity contribution in [3.63, 3.8) is 0 Å². The molecule has 12 N–H and O–H groups in total. The normalized spacial score (nSPS) is 12.9. The number of nitrogens with zero attached hydrogens (tertiary/aromatic N) is 10. The van der Waals surface area contributed by atoms with Gasteiger partial charge in [0.25, 0.3) is 40.5 Å². The molecule has 0 saturated carbocycles. The Balaban J connectivity index is 1.04. The Kier molecular flexibility index (Phi) is 15.8. The number of aromatic hydroxyl groups is 2. The minimum absolute atomic E-state index is 0.0294. The van der Waals surface area contributed by atoms with E-state index in [2.05, 4.69) is 71.0 Å². The fraction of sp³-hybridized carbons (Fsp3) is 0. The highest BCUT2D eigenvalue weighted by molar-refractivity contribution is 7.86. The lowest BCUT2D eigenvalue weighted by atomic mass is 10.1. The summed E-state index contributed by atoms with van der Waals surface area (Å²) < 4.78 is 140. The van der Waals surface area contributed by atoms with Gasteiger partial charge in [-0.2, -0.15) is 63.8 Å². The minimum Gasteiger partial charge on any atom is -0.505 e. The summed E-state index contributed by atoms with van der Waals surface area (Å²) >= 11 is 12.6. The quantitative estimate of drug-likeness (QED) is 0.0321. The summed E-state index contributed by atoms with van der Waals surface area (Å²) in [6, 6.07) is 19.8. The molecular formula is C46H30Cl2N14O18S4. The number of aromatic carboxylic acids is 2. The fourth-order valence-electron chi connectivity index (χ4n) is 7.57. The standard InChI is InChI=1S/C46H30Cl2N14O18S4/c47-41-53-43(57-45(55-41)51-29-17-27(81(69,70)71)13-21-15-31(83(75,76)77)35(37(63)33(21)29)61-59-25-5-1-19(2-6-25)39(65)66)49-23-9-11-24(12-10-23)50-44-54-42(48)56-46(58-44)52-30-18-28(82(72,73)74)14-22-16-32(84(78,79)80)36(38(64)34(22)30)62-60-26-7-3-20(4-8-26)40(67)68/h1-18,63-64H,(H,65,66)(H,67,68)(H,69,70,71)(H,72,73,74)(H,75,76,77)(H,78,79,80)(H2,49,51,53,55,57)(H2,50,52,54,56,58). The molecule has 0 aliphatic carbocycles. The Morgan fingerprint density at radius 1 is 0.464 bits per heavy atom. The average Bonchev–Trinajstić information content (AvgIpc) is 0.998. The van der Waals surface area contributed by atoms with Gasteiger partial charge in [0.2, 0.25) is 33.7 Å². The predicted molar refractivity (Wildman–Crippen MR) is 292 cm³/mol. The molecule has 0 saturated heterocycles. The maximum Gasteiger partial charge on any atom is 0.335 e. The van der Waals surface area contributed by atoms with Crippen molar-refractivity contribution in [2.45, 2.75) is 19.6 Å². The average molecular weight is 1270 g/mol. The zero-order valence-electron chi connectivity index (χ0n) is 40.9. The van der Waals surface area contributed by atoms with Crippen LogP contribution in [0.1, 0.15) is 20.7 Å². The Bertz CT molecular complexity index is 4650. The summed E-state index contributed by atoms with van der Waals surface area (Å²) in [6.45, 7) is 0. The van der Waals surface area contributed by atoms with E-state index in [1.165, 1.54) is 48.5 Å². The van der Waals surface area contributed by atoms with Crippen LogP contribution in [0.3, 0.4) is 0 Å². The molecule has 0 aliphatic rings. The number of H-pyrrole nitrogens is 2. The van der Waals surface area contributed by atoms with Gasteiger partial charge in [0.05, 0.1) is 54.4 Å². The number of phenols is 2. The number of hydrogen-bond donors (Lipinski definition) is 12. The molecule has 0 fully saturated rings. The van der Waals surface area contributed by atoms with Crippen molar-refractivity contribution in [2.75, 3.05) is 10.6 Å². The molecule has 9 aromatic rings. The molecule has 2 heterocycles. The largest absolute Gasteiger partial charge is 0.505 e. The molecule has 2 aromatic heterocycles. The smallest absolute Gasteiger partial charge is 0.335 e. The third-order valence-corrected chi connectivity index (χ3v) is 15.0. The topological polar surface area (TPSA) is 514 Å². The lowest BCUT2D eigenvalue weighted by Crippen LogP contribution is -2.16. The first-order chi connectivity index (χ1) is 39.4. The van der Waals surface area contributed by atoms with Crippen LogP contribution in [0.2, 0.25) is 10.6 Å². The highest BCUT2D eigenvalue weighted by Gasteiger charge is 2.28. The van der Waals surface area contributed by atoms with Crippen molar-refractivity contribution in [1.82, 2.24) is 29.9 Å². The summed E-state index contributed by atoms with van der Waals surface area (Å²) in [6.07, 6.45) is 0. The number of carbonyl (C=O) groups is 2. The highest BCUT2D eigenvalue weighted by Crippen LogP contribution is 2.47. The Morgan fingerprint density at radius 2 is 0.810 bits per heavy atom. The first kappa shape index (κ1) is 58.9. The Labute approximate surface area is 478 Å². The highest BCUT2D eigenvalue weighted by atomic mass is 35.5. The summed E-state index contributed by atoms with van der Waals surface area (Å²) in [5.74, 6) is -5.10. The van der Waals surface area contributed by atoms with Gasteiger partial charge in [-0.05, 0) is 143 Å². The number of benzene rings is 7. The number of nitrogens with one attached hydrogen (secondary N) is 4. The van der Waals surface area contributed by atoms with Crippen LogP contribution in [0.4, 0.5) is 57.4 Å².